The summed E-state index contributed by atoms with van der Waals surface area (Å²) in [5, 5.41) is 22.0. The predicted octanol–water partition coefficient (Wildman–Crippen LogP) is 2.41. The molecule has 0 saturated carbocycles. The van der Waals surface area contributed by atoms with E-state index in [4.69, 9.17) is 0 Å². The highest BCUT2D eigenvalue weighted by Crippen LogP contribution is 2.29. The molecule has 0 amide bonds. The van der Waals surface area contributed by atoms with Gasteiger partial charge in [0.2, 0.25) is 0 Å². The van der Waals surface area contributed by atoms with Gasteiger partial charge < -0.3 is 5.32 Å². The van der Waals surface area contributed by atoms with Gasteiger partial charge in [0.1, 0.15) is 0 Å². The van der Waals surface area contributed by atoms with E-state index in [1.54, 1.807) is 18.2 Å². The number of fused-ring (bicyclic) bond motifs is 2. The van der Waals surface area contributed by atoms with Crippen molar-refractivity contribution in [2.75, 3.05) is 5.32 Å². The molecular weight excluding hydrogens is 349 g/mol. The molecule has 26 heavy (non-hydrogen) atoms. The Kier molecular flexibility index (Phi) is 3.53. The lowest BCUT2D eigenvalue weighted by atomic mass is 10.2. The van der Waals surface area contributed by atoms with Crippen LogP contribution in [-0.2, 0) is 12.7 Å². The molecule has 0 fully saturated rings. The van der Waals surface area contributed by atoms with E-state index in [1.807, 2.05) is 24.4 Å². The van der Waals surface area contributed by atoms with E-state index in [0.29, 0.717) is 32.9 Å². The molecule has 0 atom stereocenters. The van der Waals surface area contributed by atoms with Crippen LogP contribution in [0.25, 0.3) is 11.3 Å². The van der Waals surface area contributed by atoms with Crippen LogP contribution in [0.2, 0.25) is 0 Å². The molecule has 4 rings (SSSR count). The molecule has 4 heterocycles. The van der Waals surface area contributed by atoms with Crippen molar-refractivity contribution in [3.05, 3.63) is 47.2 Å². The van der Waals surface area contributed by atoms with Gasteiger partial charge in [-0.1, -0.05) is 6.07 Å². The largest absolute Gasteiger partial charge is 0.453 e. The third kappa shape index (κ3) is 2.52. The molecular formula is C15H13F3N8. The SMILES string of the molecule is Cc1c(NCc2nnc3ccccn23)nn2c(C(F)(F)F)nnc2c1C. The number of alkyl halides is 3. The Labute approximate surface area is 144 Å². The Bertz CT molecular complexity index is 1110. The average molecular weight is 362 g/mol. The fourth-order valence-electron chi connectivity index (χ4n) is 2.65. The fourth-order valence-corrected chi connectivity index (χ4v) is 2.65. The van der Waals surface area contributed by atoms with Crippen molar-refractivity contribution in [1.29, 1.82) is 0 Å². The van der Waals surface area contributed by atoms with Crippen molar-refractivity contribution in [3.63, 3.8) is 0 Å². The maximum absolute atomic E-state index is 13.1. The van der Waals surface area contributed by atoms with Crippen molar-refractivity contribution in [2.24, 2.45) is 0 Å². The number of nitrogens with zero attached hydrogens (tertiary/aromatic N) is 7. The number of anilines is 1. The van der Waals surface area contributed by atoms with E-state index >= 15 is 0 Å². The molecule has 4 aromatic heterocycles. The van der Waals surface area contributed by atoms with Crippen LogP contribution in [0.3, 0.4) is 0 Å². The topological polar surface area (TPSA) is 85.3 Å². The van der Waals surface area contributed by atoms with Gasteiger partial charge in [-0.05, 0) is 31.5 Å². The van der Waals surface area contributed by atoms with Crippen LogP contribution in [0.15, 0.2) is 24.4 Å². The molecule has 0 radical (unpaired) electrons. The lowest BCUT2D eigenvalue weighted by Gasteiger charge is -2.12. The molecule has 0 saturated heterocycles. The quantitative estimate of drug-likeness (QED) is 0.602. The van der Waals surface area contributed by atoms with E-state index < -0.39 is 12.0 Å². The van der Waals surface area contributed by atoms with Gasteiger partial charge in [-0.2, -0.15) is 17.7 Å². The van der Waals surface area contributed by atoms with Crippen molar-refractivity contribution < 1.29 is 13.2 Å². The van der Waals surface area contributed by atoms with Crippen LogP contribution >= 0.6 is 0 Å². The third-order valence-corrected chi connectivity index (χ3v) is 4.15. The molecule has 0 aliphatic carbocycles. The minimum absolute atomic E-state index is 0.0771. The fraction of sp³-hybridized carbons (Fsp3) is 0.267. The maximum atomic E-state index is 13.1. The summed E-state index contributed by atoms with van der Waals surface area (Å²) in [7, 11) is 0. The van der Waals surface area contributed by atoms with Gasteiger partial charge in [0.05, 0.1) is 6.54 Å². The molecule has 8 nitrogen and oxygen atoms in total. The zero-order valence-electron chi connectivity index (χ0n) is 13.8. The number of aryl methyl sites for hydroxylation is 1. The number of hydrogen-bond acceptors (Lipinski definition) is 6. The maximum Gasteiger partial charge on any atom is 0.453 e. The van der Waals surface area contributed by atoms with Gasteiger partial charge in [0.25, 0.3) is 5.82 Å². The smallest absolute Gasteiger partial charge is 0.361 e. The highest BCUT2D eigenvalue weighted by atomic mass is 19.4. The van der Waals surface area contributed by atoms with Gasteiger partial charge in [0.15, 0.2) is 22.9 Å². The second-order valence-electron chi connectivity index (χ2n) is 5.75. The lowest BCUT2D eigenvalue weighted by Crippen LogP contribution is -2.15. The minimum Gasteiger partial charge on any atom is -0.361 e. The second kappa shape index (κ2) is 5.64. The molecule has 0 bridgehead atoms. The summed E-state index contributed by atoms with van der Waals surface area (Å²) in [5.41, 5.74) is 2.01. The average Bonchev–Trinajstić information content (AvgIpc) is 3.20. The normalized spacial score (nSPS) is 12.2. The van der Waals surface area contributed by atoms with Crippen LogP contribution in [0, 0.1) is 13.8 Å². The van der Waals surface area contributed by atoms with E-state index in [1.165, 1.54) is 0 Å². The van der Waals surface area contributed by atoms with Gasteiger partial charge in [-0.25, -0.2) is 0 Å². The lowest BCUT2D eigenvalue weighted by molar-refractivity contribution is -0.146. The molecule has 134 valence electrons. The zero-order chi connectivity index (χ0) is 18.5. The van der Waals surface area contributed by atoms with Crippen LogP contribution in [0.5, 0.6) is 0 Å². The van der Waals surface area contributed by atoms with Crippen LogP contribution in [0.1, 0.15) is 22.8 Å². The summed E-state index contributed by atoms with van der Waals surface area (Å²) >= 11 is 0. The summed E-state index contributed by atoms with van der Waals surface area (Å²) in [6, 6.07) is 5.49. The third-order valence-electron chi connectivity index (χ3n) is 4.15. The first-order valence-electron chi connectivity index (χ1n) is 7.68. The van der Waals surface area contributed by atoms with E-state index in [2.05, 4.69) is 30.8 Å². The summed E-state index contributed by atoms with van der Waals surface area (Å²) in [5.74, 6) is -0.251. The van der Waals surface area contributed by atoms with E-state index in [9.17, 15) is 13.2 Å². The molecule has 0 aliphatic rings. The summed E-state index contributed by atoms with van der Waals surface area (Å²) in [4.78, 5) is 0. The second-order valence-corrected chi connectivity index (χ2v) is 5.75. The Morgan fingerprint density at radius 1 is 1.04 bits per heavy atom. The minimum atomic E-state index is -4.64. The molecule has 11 heteroatoms. The Balaban J connectivity index is 1.73. The molecule has 1 N–H and O–H groups in total. The van der Waals surface area contributed by atoms with E-state index in [-0.39, 0.29) is 12.2 Å². The van der Waals surface area contributed by atoms with Gasteiger partial charge in [-0.3, -0.25) is 4.40 Å². The molecule has 0 aliphatic heterocycles. The van der Waals surface area contributed by atoms with Gasteiger partial charge >= 0.3 is 6.18 Å². The highest BCUT2D eigenvalue weighted by molar-refractivity contribution is 5.58. The monoisotopic (exact) mass is 362 g/mol. The van der Waals surface area contributed by atoms with Crippen molar-refractivity contribution >= 4 is 17.1 Å². The first-order chi connectivity index (χ1) is 12.4. The summed E-state index contributed by atoms with van der Waals surface area (Å²) in [6.07, 6.45) is -2.84. The van der Waals surface area contributed by atoms with Gasteiger partial charge in [-0.15, -0.1) is 25.5 Å². The predicted molar refractivity (Wildman–Crippen MR) is 85.6 cm³/mol. The number of hydrogen-bond donors (Lipinski definition) is 1. The number of halogens is 3. The van der Waals surface area contributed by atoms with E-state index in [0.717, 1.165) is 0 Å². The number of rotatable bonds is 3. The summed E-state index contributed by atoms with van der Waals surface area (Å²) < 4.78 is 41.8. The zero-order valence-corrected chi connectivity index (χ0v) is 13.8. The van der Waals surface area contributed by atoms with Gasteiger partial charge in [0, 0.05) is 11.8 Å². The van der Waals surface area contributed by atoms with Crippen LogP contribution in [-0.4, -0.2) is 34.4 Å². The van der Waals surface area contributed by atoms with Crippen molar-refractivity contribution in [1.82, 2.24) is 34.4 Å². The van der Waals surface area contributed by atoms with Crippen LogP contribution in [0.4, 0.5) is 19.0 Å². The van der Waals surface area contributed by atoms with Crippen molar-refractivity contribution in [2.45, 2.75) is 26.6 Å². The Morgan fingerprint density at radius 3 is 2.62 bits per heavy atom. The molecule has 0 aromatic carbocycles. The Morgan fingerprint density at radius 2 is 1.85 bits per heavy atom. The molecule has 0 unspecified atom stereocenters. The molecule has 4 aromatic rings. The summed E-state index contributed by atoms with van der Waals surface area (Å²) in [6.45, 7) is 3.68. The first-order valence-corrected chi connectivity index (χ1v) is 7.68. The number of nitrogens with one attached hydrogen (secondary N) is 1. The highest BCUT2D eigenvalue weighted by Gasteiger charge is 2.38. The number of aromatic nitrogens is 7. The molecule has 0 spiro atoms. The number of pyridine rings is 1. The Hall–Kier alpha value is -3.24. The van der Waals surface area contributed by atoms with Crippen molar-refractivity contribution in [3.8, 4) is 0 Å². The standard InChI is InChI=1S/C15H13F3N8/c1-8-9(2)13-22-23-14(15(16,17)18)26(13)24-12(8)19-7-11-21-20-10-5-3-4-6-25(10)11/h3-6H,7H2,1-2H3,(H,19,24). The first kappa shape index (κ1) is 16.2. The van der Waals surface area contributed by atoms with Crippen LogP contribution < -0.4 is 5.32 Å².